The summed E-state index contributed by atoms with van der Waals surface area (Å²) in [7, 11) is 0. The first kappa shape index (κ1) is 16.5. The molecule has 0 heterocycles. The van der Waals surface area contributed by atoms with Crippen molar-refractivity contribution in [1.82, 2.24) is 10.7 Å². The van der Waals surface area contributed by atoms with Crippen molar-refractivity contribution in [1.29, 1.82) is 0 Å². The Morgan fingerprint density at radius 2 is 1.85 bits per heavy atom. The summed E-state index contributed by atoms with van der Waals surface area (Å²) in [5.41, 5.74) is 2.58. The van der Waals surface area contributed by atoms with Gasteiger partial charge >= 0.3 is 11.8 Å². The zero-order valence-corrected chi connectivity index (χ0v) is 12.6. The van der Waals surface area contributed by atoms with Gasteiger partial charge in [-0.1, -0.05) is 43.1 Å². The topological polar surface area (TPSA) is 70.6 Å². The summed E-state index contributed by atoms with van der Waals surface area (Å²) in [5, 5.41) is 6.94. The minimum absolute atomic E-state index is 0.261. The summed E-state index contributed by atoms with van der Waals surface area (Å²) in [6, 6.07) is 4.98. The molecular weight excluding hydrogens is 301 g/mol. The summed E-state index contributed by atoms with van der Waals surface area (Å²) in [4.78, 5) is 22.8. The Bertz CT molecular complexity index is 510. The second kappa shape index (κ2) is 7.87. The first-order valence-corrected chi connectivity index (χ1v) is 6.72. The minimum atomic E-state index is -0.843. The molecule has 0 fully saturated rings. The number of benzene rings is 1. The second-order valence-electron chi connectivity index (χ2n) is 4.44. The first-order valence-electron chi connectivity index (χ1n) is 5.97. The van der Waals surface area contributed by atoms with Gasteiger partial charge < -0.3 is 5.32 Å². The molecule has 1 aromatic rings. The van der Waals surface area contributed by atoms with Crippen molar-refractivity contribution in [3.8, 4) is 0 Å². The zero-order valence-electron chi connectivity index (χ0n) is 11.1. The van der Waals surface area contributed by atoms with Crippen molar-refractivity contribution in [3.05, 3.63) is 33.8 Å². The van der Waals surface area contributed by atoms with E-state index >= 15 is 0 Å². The van der Waals surface area contributed by atoms with Crippen LogP contribution in [0, 0.1) is 5.92 Å². The summed E-state index contributed by atoms with van der Waals surface area (Å²) < 4.78 is 0. The van der Waals surface area contributed by atoms with Gasteiger partial charge in [-0.15, -0.1) is 0 Å². The van der Waals surface area contributed by atoms with Gasteiger partial charge in [0, 0.05) is 12.1 Å². The molecule has 0 radical (unpaired) electrons. The average Bonchev–Trinajstić information content (AvgIpc) is 2.39. The maximum Gasteiger partial charge on any atom is 0.329 e. The lowest BCUT2D eigenvalue weighted by atomic mass is 10.2. The molecule has 0 aliphatic heterocycles. The lowest BCUT2D eigenvalue weighted by molar-refractivity contribution is -0.139. The molecule has 0 unspecified atom stereocenters. The van der Waals surface area contributed by atoms with E-state index in [9.17, 15) is 9.59 Å². The van der Waals surface area contributed by atoms with Crippen LogP contribution in [0.25, 0.3) is 0 Å². The summed E-state index contributed by atoms with van der Waals surface area (Å²) >= 11 is 11.8. The van der Waals surface area contributed by atoms with Crippen molar-refractivity contribution in [2.45, 2.75) is 13.8 Å². The van der Waals surface area contributed by atoms with E-state index in [1.54, 1.807) is 18.2 Å². The van der Waals surface area contributed by atoms with Gasteiger partial charge in [-0.2, -0.15) is 5.10 Å². The van der Waals surface area contributed by atoms with E-state index in [4.69, 9.17) is 23.2 Å². The average molecular weight is 316 g/mol. The molecule has 5 nitrogen and oxygen atoms in total. The number of hydrogen-bond donors (Lipinski definition) is 2. The third-order valence-corrected chi connectivity index (χ3v) is 2.90. The first-order chi connectivity index (χ1) is 9.41. The molecular formula is C13H15Cl2N3O2. The van der Waals surface area contributed by atoms with E-state index in [0.29, 0.717) is 22.2 Å². The van der Waals surface area contributed by atoms with Crippen LogP contribution in [0.5, 0.6) is 0 Å². The van der Waals surface area contributed by atoms with Gasteiger partial charge in [0.2, 0.25) is 0 Å². The quantitative estimate of drug-likeness (QED) is 0.508. The molecule has 0 aliphatic carbocycles. The smallest absolute Gasteiger partial charge is 0.329 e. The normalized spacial score (nSPS) is 10.8. The lowest BCUT2D eigenvalue weighted by Crippen LogP contribution is -2.39. The van der Waals surface area contributed by atoms with Crippen LogP contribution in [-0.4, -0.2) is 24.6 Å². The Balaban J connectivity index is 2.56. The number of hydrazone groups is 1. The van der Waals surface area contributed by atoms with Crippen molar-refractivity contribution < 1.29 is 9.59 Å². The van der Waals surface area contributed by atoms with E-state index in [1.165, 1.54) is 6.21 Å². The number of nitrogens with one attached hydrogen (secondary N) is 2. The van der Waals surface area contributed by atoms with E-state index in [1.807, 2.05) is 13.8 Å². The third kappa shape index (κ3) is 5.19. The molecule has 0 saturated carbocycles. The van der Waals surface area contributed by atoms with E-state index < -0.39 is 11.8 Å². The summed E-state index contributed by atoms with van der Waals surface area (Å²) in [5.74, 6) is -1.32. The Morgan fingerprint density at radius 3 is 2.40 bits per heavy atom. The van der Waals surface area contributed by atoms with Crippen molar-refractivity contribution in [2.75, 3.05) is 6.54 Å². The SMILES string of the molecule is CC(C)CNC(=O)C(=O)N/N=C/c1c(Cl)cccc1Cl. The molecule has 2 amide bonds. The molecule has 7 heteroatoms. The Morgan fingerprint density at radius 1 is 1.25 bits per heavy atom. The fraction of sp³-hybridized carbons (Fsp3) is 0.308. The van der Waals surface area contributed by atoms with Gasteiger partial charge in [-0.25, -0.2) is 5.43 Å². The van der Waals surface area contributed by atoms with E-state index in [2.05, 4.69) is 15.8 Å². The van der Waals surface area contributed by atoms with Gasteiger partial charge in [0.15, 0.2) is 0 Å². The minimum Gasteiger partial charge on any atom is -0.348 e. The molecule has 1 aromatic carbocycles. The number of halogens is 2. The number of amides is 2. The molecule has 0 aliphatic rings. The maximum absolute atomic E-state index is 11.4. The van der Waals surface area contributed by atoms with Crippen molar-refractivity contribution in [3.63, 3.8) is 0 Å². The van der Waals surface area contributed by atoms with Gasteiger partial charge in [0.1, 0.15) is 0 Å². The van der Waals surface area contributed by atoms with Crippen molar-refractivity contribution >= 4 is 41.2 Å². The van der Waals surface area contributed by atoms with Crippen LogP contribution in [0.15, 0.2) is 23.3 Å². The largest absolute Gasteiger partial charge is 0.348 e. The monoisotopic (exact) mass is 315 g/mol. The Labute approximate surface area is 127 Å². The molecule has 0 aromatic heterocycles. The highest BCUT2D eigenvalue weighted by Crippen LogP contribution is 2.21. The number of hydrogen-bond acceptors (Lipinski definition) is 3. The van der Waals surface area contributed by atoms with E-state index in [-0.39, 0.29) is 5.92 Å². The Kier molecular flexibility index (Phi) is 6.48. The molecule has 0 bridgehead atoms. The van der Waals surface area contributed by atoms with Gasteiger partial charge in [-0.3, -0.25) is 9.59 Å². The standard InChI is InChI=1S/C13H15Cl2N3O2/c1-8(2)6-16-12(19)13(20)18-17-7-9-10(14)4-3-5-11(9)15/h3-5,7-8H,6H2,1-2H3,(H,16,19)(H,18,20)/b17-7+. The number of nitrogens with zero attached hydrogens (tertiary/aromatic N) is 1. The van der Waals surface area contributed by atoms with Crippen molar-refractivity contribution in [2.24, 2.45) is 11.0 Å². The highest BCUT2D eigenvalue weighted by atomic mass is 35.5. The van der Waals surface area contributed by atoms with Crippen LogP contribution in [-0.2, 0) is 9.59 Å². The van der Waals surface area contributed by atoms with Crippen LogP contribution >= 0.6 is 23.2 Å². The number of carbonyl (C=O) groups is 2. The number of rotatable bonds is 4. The predicted molar refractivity (Wildman–Crippen MR) is 80.0 cm³/mol. The molecule has 2 N–H and O–H groups in total. The molecule has 0 spiro atoms. The van der Waals surface area contributed by atoms with Crippen LogP contribution in [0.2, 0.25) is 10.0 Å². The fourth-order valence-corrected chi connectivity index (χ4v) is 1.71. The summed E-state index contributed by atoms with van der Waals surface area (Å²) in [6.45, 7) is 4.28. The predicted octanol–water partition coefficient (Wildman–Crippen LogP) is 2.22. The third-order valence-electron chi connectivity index (χ3n) is 2.24. The Hall–Kier alpha value is -1.59. The lowest BCUT2D eigenvalue weighted by Gasteiger charge is -2.06. The van der Waals surface area contributed by atoms with Gasteiger partial charge in [0.05, 0.1) is 16.3 Å². The highest BCUT2D eigenvalue weighted by Gasteiger charge is 2.12. The molecule has 20 heavy (non-hydrogen) atoms. The van der Waals surface area contributed by atoms with Crippen LogP contribution in [0.1, 0.15) is 19.4 Å². The van der Waals surface area contributed by atoms with Crippen LogP contribution in [0.4, 0.5) is 0 Å². The number of carbonyl (C=O) groups excluding carboxylic acids is 2. The van der Waals surface area contributed by atoms with Crippen LogP contribution in [0.3, 0.4) is 0 Å². The van der Waals surface area contributed by atoms with Gasteiger partial charge in [0.25, 0.3) is 0 Å². The highest BCUT2D eigenvalue weighted by molar-refractivity contribution is 6.38. The van der Waals surface area contributed by atoms with Gasteiger partial charge in [-0.05, 0) is 18.1 Å². The summed E-state index contributed by atoms with van der Waals surface area (Å²) in [6.07, 6.45) is 1.29. The maximum atomic E-state index is 11.4. The molecule has 0 saturated heterocycles. The second-order valence-corrected chi connectivity index (χ2v) is 5.25. The zero-order chi connectivity index (χ0) is 15.1. The fourth-order valence-electron chi connectivity index (χ4n) is 1.22. The molecule has 1 rings (SSSR count). The van der Waals surface area contributed by atoms with E-state index in [0.717, 1.165) is 0 Å². The van der Waals surface area contributed by atoms with Crippen LogP contribution < -0.4 is 10.7 Å². The molecule has 108 valence electrons. The molecule has 0 atom stereocenters.